The zero-order chi connectivity index (χ0) is 20.6. The number of hydrogen-bond acceptors (Lipinski definition) is 7. The second-order valence-corrected chi connectivity index (χ2v) is 8.56. The number of amides is 1. The van der Waals surface area contributed by atoms with Gasteiger partial charge in [-0.1, -0.05) is 18.7 Å². The Labute approximate surface area is 172 Å². The van der Waals surface area contributed by atoms with E-state index in [1.807, 2.05) is 0 Å². The van der Waals surface area contributed by atoms with E-state index in [9.17, 15) is 9.18 Å². The van der Waals surface area contributed by atoms with Gasteiger partial charge in [-0.25, -0.2) is 14.4 Å². The van der Waals surface area contributed by atoms with Crippen molar-refractivity contribution in [2.75, 3.05) is 18.2 Å². The van der Waals surface area contributed by atoms with Gasteiger partial charge in [0.2, 0.25) is 5.88 Å². The standard InChI is InChI=1S/C20H22FN5O2S/c1-11-5-12-10-29-19(22)26-20(12,7-11)14-6-13(3-4-15(14)21)25-18(27)16-8-24-17(28-2)9-23-16/h3-4,6,8-9,11-12H,5,7,10H2,1-2H3,(H2,22,26)(H,25,27)/t11-,12+,20+/m1/s1. The Morgan fingerprint density at radius 2 is 2.21 bits per heavy atom. The Balaban J connectivity index is 1.65. The molecule has 3 atom stereocenters. The van der Waals surface area contributed by atoms with E-state index < -0.39 is 11.4 Å². The lowest BCUT2D eigenvalue weighted by atomic mass is 9.81. The summed E-state index contributed by atoms with van der Waals surface area (Å²) in [6.07, 6.45) is 4.40. The summed E-state index contributed by atoms with van der Waals surface area (Å²) in [6, 6.07) is 4.57. The third kappa shape index (κ3) is 3.66. The van der Waals surface area contributed by atoms with E-state index in [1.165, 1.54) is 43.4 Å². The molecule has 1 saturated carbocycles. The highest BCUT2D eigenvalue weighted by Crippen LogP contribution is 2.53. The summed E-state index contributed by atoms with van der Waals surface area (Å²) in [5, 5.41) is 3.25. The zero-order valence-electron chi connectivity index (χ0n) is 16.2. The second-order valence-electron chi connectivity index (χ2n) is 7.52. The highest BCUT2D eigenvalue weighted by molar-refractivity contribution is 8.13. The van der Waals surface area contributed by atoms with Gasteiger partial charge in [0, 0.05) is 17.0 Å². The van der Waals surface area contributed by atoms with Crippen LogP contribution < -0.4 is 15.8 Å². The number of nitrogens with one attached hydrogen (secondary N) is 1. The van der Waals surface area contributed by atoms with Gasteiger partial charge in [0.05, 0.1) is 25.0 Å². The van der Waals surface area contributed by atoms with E-state index >= 15 is 0 Å². The molecule has 1 amide bonds. The van der Waals surface area contributed by atoms with Crippen LogP contribution in [-0.2, 0) is 5.54 Å². The molecule has 2 heterocycles. The van der Waals surface area contributed by atoms with Gasteiger partial charge in [0.25, 0.3) is 5.91 Å². The van der Waals surface area contributed by atoms with Crippen LogP contribution in [0.4, 0.5) is 10.1 Å². The van der Waals surface area contributed by atoms with Crippen molar-refractivity contribution in [3.8, 4) is 5.88 Å². The summed E-state index contributed by atoms with van der Waals surface area (Å²) < 4.78 is 19.9. The van der Waals surface area contributed by atoms with E-state index in [2.05, 4.69) is 22.2 Å². The molecule has 2 aliphatic rings. The van der Waals surface area contributed by atoms with Crippen molar-refractivity contribution < 1.29 is 13.9 Å². The van der Waals surface area contributed by atoms with Crippen LogP contribution in [0.5, 0.6) is 5.88 Å². The number of carbonyl (C=O) groups is 1. The Kier molecular flexibility index (Phi) is 5.16. The second kappa shape index (κ2) is 7.62. The first-order valence-corrected chi connectivity index (χ1v) is 10.4. The lowest BCUT2D eigenvalue weighted by molar-refractivity contribution is 0.102. The average molecular weight is 415 g/mol. The summed E-state index contributed by atoms with van der Waals surface area (Å²) in [7, 11) is 1.47. The molecule has 4 rings (SSSR count). The zero-order valence-corrected chi connectivity index (χ0v) is 17.0. The lowest BCUT2D eigenvalue weighted by Crippen LogP contribution is -2.37. The molecule has 3 N–H and O–H groups in total. The number of methoxy groups -OCH3 is 1. The van der Waals surface area contributed by atoms with Crippen molar-refractivity contribution in [3.63, 3.8) is 0 Å². The van der Waals surface area contributed by atoms with Crippen LogP contribution in [0.3, 0.4) is 0 Å². The van der Waals surface area contributed by atoms with Gasteiger partial charge in [0.1, 0.15) is 11.5 Å². The molecule has 0 saturated heterocycles. The molecule has 0 radical (unpaired) electrons. The highest BCUT2D eigenvalue weighted by atomic mass is 32.2. The summed E-state index contributed by atoms with van der Waals surface area (Å²) >= 11 is 1.52. The molecule has 2 aromatic rings. The molecule has 1 aliphatic heterocycles. The molecule has 29 heavy (non-hydrogen) atoms. The van der Waals surface area contributed by atoms with Crippen molar-refractivity contribution >= 4 is 28.5 Å². The quantitative estimate of drug-likeness (QED) is 0.795. The van der Waals surface area contributed by atoms with Crippen LogP contribution in [0.1, 0.15) is 35.8 Å². The first kappa shape index (κ1) is 19.6. The van der Waals surface area contributed by atoms with E-state index in [0.29, 0.717) is 28.2 Å². The predicted molar refractivity (Wildman–Crippen MR) is 111 cm³/mol. The number of aromatic nitrogens is 2. The molecule has 1 aromatic carbocycles. The number of benzene rings is 1. The minimum Gasteiger partial charge on any atom is -0.480 e. The Hall–Kier alpha value is -2.68. The molecular formula is C20H22FN5O2S. The van der Waals surface area contributed by atoms with Crippen molar-refractivity contribution in [2.24, 2.45) is 22.6 Å². The Morgan fingerprint density at radius 1 is 1.38 bits per heavy atom. The fraction of sp³-hybridized carbons (Fsp3) is 0.400. The number of amidine groups is 1. The normalized spacial score (nSPS) is 25.8. The van der Waals surface area contributed by atoms with Crippen LogP contribution in [0.25, 0.3) is 0 Å². The fourth-order valence-corrected chi connectivity index (χ4v) is 5.29. The maximum absolute atomic E-state index is 14.9. The summed E-state index contributed by atoms with van der Waals surface area (Å²) in [5.74, 6) is 0.988. The van der Waals surface area contributed by atoms with Crippen LogP contribution in [0.15, 0.2) is 35.6 Å². The molecule has 7 nitrogen and oxygen atoms in total. The van der Waals surface area contributed by atoms with Crippen LogP contribution >= 0.6 is 11.8 Å². The van der Waals surface area contributed by atoms with Crippen LogP contribution in [0.2, 0.25) is 0 Å². The number of rotatable bonds is 4. The minimum absolute atomic E-state index is 0.138. The lowest BCUT2D eigenvalue weighted by Gasteiger charge is -2.36. The van der Waals surface area contributed by atoms with Crippen molar-refractivity contribution in [1.82, 2.24) is 9.97 Å². The number of aliphatic imine (C=N–C) groups is 1. The number of fused-ring (bicyclic) bond motifs is 1. The third-order valence-electron chi connectivity index (χ3n) is 5.52. The van der Waals surface area contributed by atoms with E-state index in [-0.39, 0.29) is 17.4 Å². The molecule has 0 unspecified atom stereocenters. The molecule has 1 aliphatic carbocycles. The average Bonchev–Trinajstić information content (AvgIpc) is 3.05. The van der Waals surface area contributed by atoms with Gasteiger partial charge in [-0.2, -0.15) is 0 Å². The van der Waals surface area contributed by atoms with Crippen molar-refractivity contribution in [2.45, 2.75) is 25.3 Å². The number of thioether (sulfide) groups is 1. The maximum atomic E-state index is 14.9. The van der Waals surface area contributed by atoms with E-state index in [4.69, 9.17) is 15.5 Å². The monoisotopic (exact) mass is 415 g/mol. The summed E-state index contributed by atoms with van der Waals surface area (Å²) in [6.45, 7) is 2.16. The number of ether oxygens (including phenoxy) is 1. The molecule has 1 aromatic heterocycles. The number of nitrogens with two attached hydrogens (primary N) is 1. The minimum atomic E-state index is -0.681. The number of anilines is 1. The van der Waals surface area contributed by atoms with Gasteiger partial charge in [-0.15, -0.1) is 0 Å². The summed E-state index contributed by atoms with van der Waals surface area (Å²) in [5.41, 5.74) is 6.43. The fourth-order valence-electron chi connectivity index (χ4n) is 4.28. The Morgan fingerprint density at radius 3 is 2.93 bits per heavy atom. The Bertz CT molecular complexity index is 968. The first-order chi connectivity index (χ1) is 13.9. The van der Waals surface area contributed by atoms with Gasteiger partial charge >= 0.3 is 0 Å². The van der Waals surface area contributed by atoms with E-state index in [0.717, 1.165) is 18.6 Å². The number of carbonyl (C=O) groups excluding carboxylic acids is 1. The largest absolute Gasteiger partial charge is 0.480 e. The van der Waals surface area contributed by atoms with Gasteiger partial charge in [-0.05, 0) is 42.9 Å². The van der Waals surface area contributed by atoms with Crippen molar-refractivity contribution in [1.29, 1.82) is 0 Å². The van der Waals surface area contributed by atoms with Crippen LogP contribution in [0, 0.1) is 17.7 Å². The highest BCUT2D eigenvalue weighted by Gasteiger charge is 2.50. The topological polar surface area (TPSA) is 102 Å². The third-order valence-corrected chi connectivity index (χ3v) is 6.48. The molecular weight excluding hydrogens is 393 g/mol. The van der Waals surface area contributed by atoms with Gasteiger partial charge in [-0.3, -0.25) is 9.79 Å². The van der Waals surface area contributed by atoms with Gasteiger partial charge < -0.3 is 15.8 Å². The molecule has 0 bridgehead atoms. The van der Waals surface area contributed by atoms with Crippen LogP contribution in [-0.4, -0.2) is 33.9 Å². The molecule has 9 heteroatoms. The van der Waals surface area contributed by atoms with Crippen molar-refractivity contribution in [3.05, 3.63) is 47.7 Å². The molecule has 152 valence electrons. The SMILES string of the molecule is COc1cnc(C(=O)Nc2ccc(F)c([C@]34C[C@H](C)C[C@H]3CSC(N)=N4)c2)cn1. The van der Waals surface area contributed by atoms with E-state index in [1.54, 1.807) is 6.07 Å². The molecule has 1 fully saturated rings. The smallest absolute Gasteiger partial charge is 0.275 e. The van der Waals surface area contributed by atoms with Gasteiger partial charge in [0.15, 0.2) is 5.17 Å². The first-order valence-electron chi connectivity index (χ1n) is 9.37. The predicted octanol–water partition coefficient (Wildman–Crippen LogP) is 3.18. The molecule has 0 spiro atoms. The number of halogens is 1. The maximum Gasteiger partial charge on any atom is 0.275 e. The number of hydrogen-bond donors (Lipinski definition) is 2. The number of nitrogens with zero attached hydrogens (tertiary/aromatic N) is 3. The summed E-state index contributed by atoms with van der Waals surface area (Å²) in [4.78, 5) is 25.3.